The summed E-state index contributed by atoms with van der Waals surface area (Å²) in [6.07, 6.45) is 0.241. The van der Waals surface area contributed by atoms with Crippen molar-refractivity contribution < 1.29 is 19.3 Å². The standard InChI is InChI=1S/C27H28O4/c28-25-16-24(20-29-17-21-10-4-1-5-11-21)26(30-18-22-12-6-2-7-13-22)27(25)31-19-23-14-8-3-9-15-23/h1-16,25-28H,17-20H2/t25-,26+,27-/m1/s1. The van der Waals surface area contributed by atoms with Gasteiger partial charge in [-0.3, -0.25) is 0 Å². The van der Waals surface area contributed by atoms with Crippen LogP contribution in [-0.4, -0.2) is 30.0 Å². The van der Waals surface area contributed by atoms with E-state index in [1.807, 2.05) is 97.1 Å². The van der Waals surface area contributed by atoms with Crippen molar-refractivity contribution in [2.45, 2.75) is 38.1 Å². The van der Waals surface area contributed by atoms with Gasteiger partial charge in [0.2, 0.25) is 0 Å². The van der Waals surface area contributed by atoms with Crippen LogP contribution in [0.3, 0.4) is 0 Å². The Hall–Kier alpha value is -2.76. The van der Waals surface area contributed by atoms with Gasteiger partial charge in [0, 0.05) is 0 Å². The summed E-state index contributed by atoms with van der Waals surface area (Å²) in [5.41, 5.74) is 4.17. The number of hydrogen-bond donors (Lipinski definition) is 1. The Morgan fingerprint density at radius 1 is 0.581 bits per heavy atom. The fourth-order valence-electron chi connectivity index (χ4n) is 3.71. The molecule has 4 rings (SSSR count). The van der Waals surface area contributed by atoms with Crippen LogP contribution in [-0.2, 0) is 34.0 Å². The summed E-state index contributed by atoms with van der Waals surface area (Å²) < 4.78 is 18.3. The summed E-state index contributed by atoms with van der Waals surface area (Å²) in [7, 11) is 0. The molecule has 3 aromatic carbocycles. The van der Waals surface area contributed by atoms with Gasteiger partial charge in [0.15, 0.2) is 0 Å². The molecular formula is C27H28O4. The highest BCUT2D eigenvalue weighted by Crippen LogP contribution is 2.28. The Balaban J connectivity index is 1.40. The van der Waals surface area contributed by atoms with Crippen LogP contribution in [0.4, 0.5) is 0 Å². The van der Waals surface area contributed by atoms with Gasteiger partial charge < -0.3 is 19.3 Å². The van der Waals surface area contributed by atoms with Crippen molar-refractivity contribution in [3.05, 3.63) is 119 Å². The van der Waals surface area contributed by atoms with Crippen LogP contribution in [0, 0.1) is 0 Å². The molecule has 3 atom stereocenters. The minimum absolute atomic E-state index is 0.366. The maximum absolute atomic E-state index is 10.7. The van der Waals surface area contributed by atoms with E-state index in [4.69, 9.17) is 14.2 Å². The van der Waals surface area contributed by atoms with E-state index in [2.05, 4.69) is 0 Å². The van der Waals surface area contributed by atoms with Gasteiger partial charge in [-0.25, -0.2) is 0 Å². The molecule has 0 amide bonds. The first-order chi connectivity index (χ1) is 15.3. The quantitative estimate of drug-likeness (QED) is 0.488. The lowest BCUT2D eigenvalue weighted by Gasteiger charge is -2.25. The zero-order chi connectivity index (χ0) is 21.3. The van der Waals surface area contributed by atoms with E-state index in [9.17, 15) is 5.11 Å². The Morgan fingerprint density at radius 2 is 1.06 bits per heavy atom. The molecule has 4 heteroatoms. The van der Waals surface area contributed by atoms with Crippen LogP contribution >= 0.6 is 0 Å². The first-order valence-electron chi connectivity index (χ1n) is 10.6. The number of ether oxygens (including phenoxy) is 3. The number of hydrogen-bond acceptors (Lipinski definition) is 4. The van der Waals surface area contributed by atoms with E-state index in [1.54, 1.807) is 0 Å². The highest BCUT2D eigenvalue weighted by molar-refractivity contribution is 5.24. The first kappa shape index (κ1) is 21.5. The van der Waals surface area contributed by atoms with Gasteiger partial charge in [-0.1, -0.05) is 91.0 Å². The smallest absolute Gasteiger partial charge is 0.117 e. The Morgan fingerprint density at radius 3 is 1.61 bits per heavy atom. The second kappa shape index (κ2) is 11.0. The average Bonchev–Trinajstić information content (AvgIpc) is 3.12. The third-order valence-electron chi connectivity index (χ3n) is 5.32. The SMILES string of the molecule is O[C@@H]1C=C(COCc2ccccc2)[C@H](OCc2ccccc2)[C@@H]1OCc1ccccc1. The van der Waals surface area contributed by atoms with Crippen LogP contribution in [0.15, 0.2) is 103 Å². The highest BCUT2D eigenvalue weighted by atomic mass is 16.6. The maximum atomic E-state index is 10.7. The summed E-state index contributed by atoms with van der Waals surface area (Å²) in [4.78, 5) is 0. The summed E-state index contributed by atoms with van der Waals surface area (Å²) in [5.74, 6) is 0. The molecule has 0 aromatic heterocycles. The van der Waals surface area contributed by atoms with Crippen molar-refractivity contribution >= 4 is 0 Å². The van der Waals surface area contributed by atoms with Gasteiger partial charge in [-0.15, -0.1) is 0 Å². The Kier molecular flexibility index (Phi) is 7.64. The molecule has 160 valence electrons. The average molecular weight is 417 g/mol. The fourth-order valence-corrected chi connectivity index (χ4v) is 3.71. The fraction of sp³-hybridized carbons (Fsp3) is 0.259. The monoisotopic (exact) mass is 416 g/mol. The van der Waals surface area contributed by atoms with E-state index in [0.29, 0.717) is 26.4 Å². The van der Waals surface area contributed by atoms with Gasteiger partial charge in [-0.2, -0.15) is 0 Å². The Labute approximate surface area is 183 Å². The lowest BCUT2D eigenvalue weighted by atomic mass is 10.1. The van der Waals surface area contributed by atoms with Gasteiger partial charge >= 0.3 is 0 Å². The highest BCUT2D eigenvalue weighted by Gasteiger charge is 2.38. The third-order valence-corrected chi connectivity index (χ3v) is 5.32. The van der Waals surface area contributed by atoms with Crippen molar-refractivity contribution in [2.24, 2.45) is 0 Å². The van der Waals surface area contributed by atoms with E-state index in [1.165, 1.54) is 0 Å². The first-order valence-corrected chi connectivity index (χ1v) is 10.6. The predicted molar refractivity (Wildman–Crippen MR) is 120 cm³/mol. The number of aliphatic hydroxyl groups excluding tert-OH is 1. The molecule has 0 bridgehead atoms. The molecule has 0 heterocycles. The predicted octanol–water partition coefficient (Wildman–Crippen LogP) is 4.67. The van der Waals surface area contributed by atoms with Crippen LogP contribution in [0.25, 0.3) is 0 Å². The normalized spacial score (nSPS) is 20.5. The zero-order valence-corrected chi connectivity index (χ0v) is 17.5. The van der Waals surface area contributed by atoms with Gasteiger partial charge in [-0.05, 0) is 28.3 Å². The molecule has 0 fully saturated rings. The summed E-state index contributed by atoms with van der Waals surface area (Å²) >= 11 is 0. The summed E-state index contributed by atoms with van der Waals surface area (Å²) in [5, 5.41) is 10.7. The molecule has 3 aromatic rings. The van der Waals surface area contributed by atoms with Crippen molar-refractivity contribution in [2.75, 3.05) is 6.61 Å². The second-order valence-corrected chi connectivity index (χ2v) is 7.69. The van der Waals surface area contributed by atoms with Gasteiger partial charge in [0.25, 0.3) is 0 Å². The Bertz CT molecular complexity index is 941. The maximum Gasteiger partial charge on any atom is 0.117 e. The molecule has 0 aliphatic heterocycles. The minimum atomic E-state index is -0.736. The molecule has 0 spiro atoms. The number of rotatable bonds is 10. The lowest BCUT2D eigenvalue weighted by molar-refractivity contribution is -0.0988. The van der Waals surface area contributed by atoms with Crippen molar-refractivity contribution in [1.29, 1.82) is 0 Å². The molecule has 1 N–H and O–H groups in total. The molecule has 0 saturated carbocycles. The van der Waals surface area contributed by atoms with Gasteiger partial charge in [0.05, 0.1) is 26.4 Å². The molecule has 4 nitrogen and oxygen atoms in total. The van der Waals surface area contributed by atoms with Crippen molar-refractivity contribution in [1.82, 2.24) is 0 Å². The zero-order valence-electron chi connectivity index (χ0n) is 17.5. The second-order valence-electron chi connectivity index (χ2n) is 7.69. The molecule has 0 saturated heterocycles. The minimum Gasteiger partial charge on any atom is -0.386 e. The third kappa shape index (κ3) is 6.12. The molecular weight excluding hydrogens is 388 g/mol. The largest absolute Gasteiger partial charge is 0.386 e. The molecule has 0 radical (unpaired) electrons. The van der Waals surface area contributed by atoms with Crippen LogP contribution in [0.2, 0.25) is 0 Å². The van der Waals surface area contributed by atoms with E-state index < -0.39 is 12.2 Å². The van der Waals surface area contributed by atoms with Crippen LogP contribution < -0.4 is 0 Å². The van der Waals surface area contributed by atoms with Crippen molar-refractivity contribution in [3.8, 4) is 0 Å². The van der Waals surface area contributed by atoms with E-state index >= 15 is 0 Å². The van der Waals surface area contributed by atoms with Crippen LogP contribution in [0.5, 0.6) is 0 Å². The van der Waals surface area contributed by atoms with Crippen LogP contribution in [0.1, 0.15) is 16.7 Å². The summed E-state index contributed by atoms with van der Waals surface area (Å²) in [6.45, 7) is 1.75. The topological polar surface area (TPSA) is 47.9 Å². The lowest BCUT2D eigenvalue weighted by Crippen LogP contribution is -2.36. The van der Waals surface area contributed by atoms with E-state index in [0.717, 1.165) is 22.3 Å². The molecule has 31 heavy (non-hydrogen) atoms. The van der Waals surface area contributed by atoms with Crippen molar-refractivity contribution in [3.63, 3.8) is 0 Å². The summed E-state index contributed by atoms with van der Waals surface area (Å²) in [6, 6.07) is 30.0. The molecule has 1 aliphatic carbocycles. The molecule has 0 unspecified atom stereocenters. The van der Waals surface area contributed by atoms with Gasteiger partial charge in [0.1, 0.15) is 18.3 Å². The molecule has 1 aliphatic rings. The number of aliphatic hydroxyl groups is 1. The number of benzene rings is 3. The van der Waals surface area contributed by atoms with E-state index in [-0.39, 0.29) is 6.10 Å².